The van der Waals surface area contributed by atoms with Crippen LogP contribution in [0.25, 0.3) is 0 Å². The lowest BCUT2D eigenvalue weighted by Gasteiger charge is -2.28. The van der Waals surface area contributed by atoms with Crippen LogP contribution in [0.5, 0.6) is 0 Å². The van der Waals surface area contributed by atoms with Gasteiger partial charge in [0.05, 0.1) is 11.6 Å². The van der Waals surface area contributed by atoms with Crippen LogP contribution in [0.1, 0.15) is 47.3 Å². The fourth-order valence-corrected chi connectivity index (χ4v) is 4.39. The summed E-state index contributed by atoms with van der Waals surface area (Å²) in [5, 5.41) is 3.57. The van der Waals surface area contributed by atoms with Gasteiger partial charge in [0.2, 0.25) is 0 Å². The molecule has 166 valence electrons. The van der Waals surface area contributed by atoms with Crippen molar-refractivity contribution in [3.05, 3.63) is 76.2 Å². The lowest BCUT2D eigenvalue weighted by Crippen LogP contribution is -2.32. The quantitative estimate of drug-likeness (QED) is 0.716. The predicted molar refractivity (Wildman–Crippen MR) is 118 cm³/mol. The number of sulfone groups is 1. The zero-order chi connectivity index (χ0) is 22.8. The van der Waals surface area contributed by atoms with E-state index in [1.165, 1.54) is 30.3 Å². The summed E-state index contributed by atoms with van der Waals surface area (Å²) >= 11 is 0. The van der Waals surface area contributed by atoms with Crippen molar-refractivity contribution in [2.75, 3.05) is 17.7 Å². The van der Waals surface area contributed by atoms with Crippen LogP contribution in [0.15, 0.2) is 47.9 Å². The van der Waals surface area contributed by atoms with E-state index in [4.69, 9.17) is 0 Å². The number of rotatable bonds is 6. The number of halogens is 2. The third-order valence-corrected chi connectivity index (χ3v) is 6.00. The Hall–Kier alpha value is -2.74. The molecule has 3 rings (SSSR count). The summed E-state index contributed by atoms with van der Waals surface area (Å²) in [5.74, 6) is -1.56. The molecule has 0 saturated carbocycles. The molecular weight excluding hydrogens is 422 g/mol. The Morgan fingerprint density at radius 3 is 2.61 bits per heavy atom. The van der Waals surface area contributed by atoms with Crippen LogP contribution in [-0.4, -0.2) is 33.2 Å². The molecule has 5 nitrogen and oxygen atoms in total. The van der Waals surface area contributed by atoms with E-state index in [9.17, 15) is 22.0 Å². The molecule has 2 aromatic carbocycles. The van der Waals surface area contributed by atoms with Crippen molar-refractivity contribution in [2.45, 2.75) is 38.8 Å². The average molecular weight is 449 g/mol. The van der Waals surface area contributed by atoms with Crippen molar-refractivity contribution < 1.29 is 22.0 Å². The van der Waals surface area contributed by atoms with E-state index in [-0.39, 0.29) is 17.4 Å². The fourth-order valence-electron chi connectivity index (χ4n) is 3.87. The molecule has 8 heteroatoms. The van der Waals surface area contributed by atoms with Gasteiger partial charge in [0, 0.05) is 29.9 Å². The highest BCUT2D eigenvalue weighted by atomic mass is 32.2. The van der Waals surface area contributed by atoms with E-state index in [0.29, 0.717) is 5.69 Å². The first kappa shape index (κ1) is 22.9. The Balaban J connectivity index is 1.78. The Morgan fingerprint density at radius 1 is 1.23 bits per heavy atom. The van der Waals surface area contributed by atoms with Crippen molar-refractivity contribution in [3.8, 4) is 0 Å². The molecule has 0 radical (unpaired) electrons. The van der Waals surface area contributed by atoms with Crippen LogP contribution in [0.2, 0.25) is 0 Å². The third kappa shape index (κ3) is 5.70. The number of carbonyl (C=O) groups is 1. The summed E-state index contributed by atoms with van der Waals surface area (Å²) in [6.45, 7) is 4.20. The molecular formula is C23H26F2N2O3S. The Morgan fingerprint density at radius 2 is 1.97 bits per heavy atom. The van der Waals surface area contributed by atoms with Crippen molar-refractivity contribution >= 4 is 21.4 Å². The normalized spacial score (nSPS) is 17.8. The van der Waals surface area contributed by atoms with Crippen LogP contribution in [0.4, 0.5) is 14.5 Å². The SMILES string of the molecule is Cc1cc(F)ccc1[C@@H]1CCCN1c1ccc(C(=O)N[C@H](C)/C=C/S(C)(=O)=O)c(F)c1. The first-order valence-corrected chi connectivity index (χ1v) is 12.0. The van der Waals surface area contributed by atoms with Crippen LogP contribution in [-0.2, 0) is 9.84 Å². The lowest BCUT2D eigenvalue weighted by molar-refractivity contribution is 0.0943. The van der Waals surface area contributed by atoms with E-state index >= 15 is 0 Å². The molecule has 1 saturated heterocycles. The maximum atomic E-state index is 14.8. The smallest absolute Gasteiger partial charge is 0.254 e. The van der Waals surface area contributed by atoms with Gasteiger partial charge in [0.1, 0.15) is 11.6 Å². The standard InChI is InChI=1S/C23H26F2N2O3S/c1-15-13-17(24)6-8-19(15)22-5-4-11-27(22)18-7-9-20(21(25)14-18)23(28)26-16(2)10-12-31(3,29)30/h6-10,12-14,16,22H,4-5,11H2,1-3H3,(H,26,28)/b12-10+/t16-,22+/m1/s1. The lowest BCUT2D eigenvalue weighted by atomic mass is 9.98. The van der Waals surface area contributed by atoms with E-state index in [0.717, 1.165) is 42.2 Å². The number of hydrogen-bond acceptors (Lipinski definition) is 4. The molecule has 31 heavy (non-hydrogen) atoms. The number of aryl methyl sites for hydroxylation is 1. The van der Waals surface area contributed by atoms with Gasteiger partial charge < -0.3 is 10.2 Å². The minimum atomic E-state index is -3.31. The second-order valence-corrected chi connectivity index (χ2v) is 9.87. The predicted octanol–water partition coefficient (Wildman–Crippen LogP) is 4.29. The van der Waals surface area contributed by atoms with Gasteiger partial charge in [0.15, 0.2) is 9.84 Å². The highest BCUT2D eigenvalue weighted by Gasteiger charge is 2.28. The minimum absolute atomic E-state index is 0.0147. The van der Waals surface area contributed by atoms with Crippen LogP contribution < -0.4 is 10.2 Å². The molecule has 0 bridgehead atoms. The number of carbonyl (C=O) groups excluding carboxylic acids is 1. The monoisotopic (exact) mass is 448 g/mol. The number of hydrogen-bond donors (Lipinski definition) is 1. The Kier molecular flexibility index (Phi) is 6.79. The third-order valence-electron chi connectivity index (χ3n) is 5.35. The Labute approximate surface area is 181 Å². The Bertz CT molecular complexity index is 1120. The second kappa shape index (κ2) is 9.18. The molecule has 1 heterocycles. The van der Waals surface area contributed by atoms with Crippen molar-refractivity contribution in [2.24, 2.45) is 0 Å². The molecule has 1 N–H and O–H groups in total. The fraction of sp³-hybridized carbons (Fsp3) is 0.348. The van der Waals surface area contributed by atoms with Gasteiger partial charge in [-0.3, -0.25) is 4.79 Å². The summed E-state index contributed by atoms with van der Waals surface area (Å²) in [6, 6.07) is 8.62. The van der Waals surface area contributed by atoms with Crippen molar-refractivity contribution in [1.82, 2.24) is 5.32 Å². The van der Waals surface area contributed by atoms with Gasteiger partial charge in [-0.2, -0.15) is 0 Å². The zero-order valence-electron chi connectivity index (χ0n) is 17.7. The molecule has 1 fully saturated rings. The summed E-state index contributed by atoms with van der Waals surface area (Å²) in [7, 11) is -3.31. The molecule has 1 aliphatic heterocycles. The molecule has 1 amide bonds. The van der Waals surface area contributed by atoms with Gasteiger partial charge in [-0.15, -0.1) is 0 Å². The van der Waals surface area contributed by atoms with Crippen LogP contribution in [0, 0.1) is 18.6 Å². The van der Waals surface area contributed by atoms with Gasteiger partial charge in [-0.1, -0.05) is 12.1 Å². The number of nitrogens with zero attached hydrogens (tertiary/aromatic N) is 1. The van der Waals surface area contributed by atoms with Crippen molar-refractivity contribution in [3.63, 3.8) is 0 Å². The van der Waals surface area contributed by atoms with Gasteiger partial charge in [0.25, 0.3) is 5.91 Å². The molecule has 0 spiro atoms. The van der Waals surface area contributed by atoms with E-state index in [1.54, 1.807) is 19.1 Å². The van der Waals surface area contributed by atoms with Gasteiger partial charge in [-0.25, -0.2) is 17.2 Å². The number of benzene rings is 2. The van der Waals surface area contributed by atoms with Crippen LogP contribution >= 0.6 is 0 Å². The zero-order valence-corrected chi connectivity index (χ0v) is 18.5. The maximum absolute atomic E-state index is 14.8. The first-order chi connectivity index (χ1) is 14.5. The molecule has 2 aromatic rings. The van der Waals surface area contributed by atoms with Crippen molar-refractivity contribution in [1.29, 1.82) is 0 Å². The molecule has 0 aromatic heterocycles. The number of anilines is 1. The van der Waals surface area contributed by atoms with E-state index in [1.807, 2.05) is 6.92 Å². The summed E-state index contributed by atoms with van der Waals surface area (Å²) in [6.07, 6.45) is 4.19. The molecule has 0 aliphatic carbocycles. The minimum Gasteiger partial charge on any atom is -0.364 e. The topological polar surface area (TPSA) is 66.5 Å². The van der Waals surface area contributed by atoms with Gasteiger partial charge >= 0.3 is 0 Å². The summed E-state index contributed by atoms with van der Waals surface area (Å²) in [5.41, 5.74) is 2.40. The molecule has 1 aliphatic rings. The van der Waals surface area contributed by atoms with Gasteiger partial charge in [-0.05, 0) is 68.1 Å². The number of nitrogens with one attached hydrogen (secondary N) is 1. The summed E-state index contributed by atoms with van der Waals surface area (Å²) in [4.78, 5) is 14.5. The second-order valence-electron chi connectivity index (χ2n) is 7.94. The largest absolute Gasteiger partial charge is 0.364 e. The van der Waals surface area contributed by atoms with E-state index < -0.39 is 27.6 Å². The first-order valence-electron chi connectivity index (χ1n) is 10.1. The maximum Gasteiger partial charge on any atom is 0.254 e. The molecule has 0 unspecified atom stereocenters. The average Bonchev–Trinajstić information content (AvgIpc) is 3.15. The summed E-state index contributed by atoms with van der Waals surface area (Å²) < 4.78 is 50.7. The van der Waals surface area contributed by atoms with Crippen LogP contribution in [0.3, 0.4) is 0 Å². The van der Waals surface area contributed by atoms with E-state index in [2.05, 4.69) is 10.2 Å². The number of amides is 1. The molecule has 2 atom stereocenters. The highest BCUT2D eigenvalue weighted by molar-refractivity contribution is 7.93. The highest BCUT2D eigenvalue weighted by Crippen LogP contribution is 2.38.